The lowest BCUT2D eigenvalue weighted by molar-refractivity contribution is 1.08. The molecule has 0 unspecified atom stereocenters. The Hall–Kier alpha value is -2.67. The Balaban J connectivity index is 2.57. The number of hydrogen-bond donors (Lipinski definition) is 0. The molecule has 0 radical (unpaired) electrons. The molecule has 0 saturated carbocycles. The van der Waals surface area contributed by atoms with E-state index in [-0.39, 0.29) is 5.56 Å². The Bertz CT molecular complexity index is 827. The van der Waals surface area contributed by atoms with E-state index in [1.165, 1.54) is 4.40 Å². The van der Waals surface area contributed by atoms with Crippen molar-refractivity contribution in [3.8, 4) is 6.07 Å². The van der Waals surface area contributed by atoms with Gasteiger partial charge in [0.2, 0.25) is 0 Å². The van der Waals surface area contributed by atoms with Crippen LogP contribution in [0.2, 0.25) is 0 Å². The number of hydrogen-bond acceptors (Lipinski definition) is 3. The van der Waals surface area contributed by atoms with Crippen LogP contribution in [0.5, 0.6) is 0 Å². The van der Waals surface area contributed by atoms with Crippen molar-refractivity contribution in [3.05, 3.63) is 58.5 Å². The summed E-state index contributed by atoms with van der Waals surface area (Å²) in [5.41, 5.74) is 1.53. The molecular weight excluding hydrogens is 214 g/mol. The van der Waals surface area contributed by atoms with Crippen molar-refractivity contribution >= 4 is 16.6 Å². The molecule has 0 amide bonds. The first-order valence-corrected chi connectivity index (χ1v) is 5.11. The Morgan fingerprint density at radius 3 is 2.94 bits per heavy atom. The van der Waals surface area contributed by atoms with Gasteiger partial charge in [-0.15, -0.1) is 0 Å². The standard InChI is InChI=1S/C13H7N3O/c14-8-9-4-5-11-10(7-9)13(17)16-6-2-1-3-12(16)15-11/h1-7H. The van der Waals surface area contributed by atoms with Crippen molar-refractivity contribution in [1.82, 2.24) is 9.38 Å². The topological polar surface area (TPSA) is 58.2 Å². The summed E-state index contributed by atoms with van der Waals surface area (Å²) in [5, 5.41) is 9.29. The van der Waals surface area contributed by atoms with E-state index in [0.717, 1.165) is 0 Å². The first-order chi connectivity index (χ1) is 8.29. The average molecular weight is 221 g/mol. The van der Waals surface area contributed by atoms with Crippen LogP contribution in [0.25, 0.3) is 16.6 Å². The van der Waals surface area contributed by atoms with Gasteiger partial charge in [0.25, 0.3) is 5.56 Å². The molecule has 0 aliphatic carbocycles. The molecule has 0 aliphatic heterocycles. The fourth-order valence-corrected chi connectivity index (χ4v) is 1.82. The van der Waals surface area contributed by atoms with Gasteiger partial charge in [-0.25, -0.2) is 4.98 Å². The number of nitriles is 1. The van der Waals surface area contributed by atoms with Crippen LogP contribution in [-0.4, -0.2) is 9.38 Å². The van der Waals surface area contributed by atoms with E-state index in [9.17, 15) is 4.79 Å². The first-order valence-electron chi connectivity index (χ1n) is 5.11. The lowest BCUT2D eigenvalue weighted by atomic mass is 10.1. The summed E-state index contributed by atoms with van der Waals surface area (Å²) in [5.74, 6) is 0. The fourth-order valence-electron chi connectivity index (χ4n) is 1.82. The Kier molecular flexibility index (Phi) is 1.92. The molecule has 4 heteroatoms. The Morgan fingerprint density at radius 2 is 2.12 bits per heavy atom. The minimum absolute atomic E-state index is 0.150. The maximum absolute atomic E-state index is 12.2. The molecule has 0 aliphatic rings. The van der Waals surface area contributed by atoms with Crippen LogP contribution in [0.4, 0.5) is 0 Å². The van der Waals surface area contributed by atoms with E-state index < -0.39 is 0 Å². The monoisotopic (exact) mass is 221 g/mol. The van der Waals surface area contributed by atoms with Crippen LogP contribution in [0.15, 0.2) is 47.4 Å². The van der Waals surface area contributed by atoms with Crippen molar-refractivity contribution in [2.75, 3.05) is 0 Å². The lowest BCUT2D eigenvalue weighted by Gasteiger charge is -2.02. The number of rotatable bonds is 0. The molecule has 3 aromatic rings. The highest BCUT2D eigenvalue weighted by Gasteiger charge is 2.05. The van der Waals surface area contributed by atoms with Crippen LogP contribution >= 0.6 is 0 Å². The van der Waals surface area contributed by atoms with E-state index in [1.54, 1.807) is 36.5 Å². The summed E-state index contributed by atoms with van der Waals surface area (Å²) in [6.45, 7) is 0. The molecule has 0 spiro atoms. The number of aromatic nitrogens is 2. The lowest BCUT2D eigenvalue weighted by Crippen LogP contribution is -2.14. The highest BCUT2D eigenvalue weighted by Crippen LogP contribution is 2.11. The van der Waals surface area contributed by atoms with Crippen LogP contribution in [-0.2, 0) is 0 Å². The van der Waals surface area contributed by atoms with Gasteiger partial charge in [0.15, 0.2) is 0 Å². The van der Waals surface area contributed by atoms with Crippen molar-refractivity contribution in [2.45, 2.75) is 0 Å². The molecule has 2 aromatic heterocycles. The highest BCUT2D eigenvalue weighted by atomic mass is 16.1. The minimum atomic E-state index is -0.150. The summed E-state index contributed by atoms with van der Waals surface area (Å²) >= 11 is 0. The molecule has 0 fully saturated rings. The number of benzene rings is 1. The number of fused-ring (bicyclic) bond motifs is 2. The third-order valence-electron chi connectivity index (χ3n) is 2.65. The molecule has 17 heavy (non-hydrogen) atoms. The van der Waals surface area contributed by atoms with Gasteiger partial charge in [-0.3, -0.25) is 9.20 Å². The van der Waals surface area contributed by atoms with E-state index in [4.69, 9.17) is 5.26 Å². The van der Waals surface area contributed by atoms with Crippen molar-refractivity contribution in [1.29, 1.82) is 5.26 Å². The molecule has 0 N–H and O–H groups in total. The SMILES string of the molecule is N#Cc1ccc2nc3ccccn3c(=O)c2c1. The van der Waals surface area contributed by atoms with Gasteiger partial charge in [-0.1, -0.05) is 6.07 Å². The van der Waals surface area contributed by atoms with Crippen LogP contribution in [0.1, 0.15) is 5.56 Å². The van der Waals surface area contributed by atoms with Gasteiger partial charge >= 0.3 is 0 Å². The Labute approximate surface area is 96.4 Å². The largest absolute Gasteiger partial charge is 0.268 e. The fraction of sp³-hybridized carbons (Fsp3) is 0. The van der Waals surface area contributed by atoms with E-state index in [0.29, 0.717) is 22.1 Å². The van der Waals surface area contributed by atoms with E-state index >= 15 is 0 Å². The quantitative estimate of drug-likeness (QED) is 0.543. The van der Waals surface area contributed by atoms with E-state index in [2.05, 4.69) is 4.98 Å². The van der Waals surface area contributed by atoms with E-state index in [1.807, 2.05) is 12.1 Å². The molecule has 1 aromatic carbocycles. The van der Waals surface area contributed by atoms with Gasteiger partial charge < -0.3 is 0 Å². The maximum Gasteiger partial charge on any atom is 0.265 e. The second-order valence-corrected chi connectivity index (χ2v) is 3.69. The summed E-state index contributed by atoms with van der Waals surface area (Å²) in [4.78, 5) is 16.5. The van der Waals surface area contributed by atoms with Crippen molar-refractivity contribution in [2.24, 2.45) is 0 Å². The zero-order chi connectivity index (χ0) is 11.8. The van der Waals surface area contributed by atoms with Crippen molar-refractivity contribution in [3.63, 3.8) is 0 Å². The molecule has 80 valence electrons. The molecule has 0 bridgehead atoms. The van der Waals surface area contributed by atoms with Gasteiger partial charge in [0.1, 0.15) is 5.65 Å². The third-order valence-corrected chi connectivity index (χ3v) is 2.65. The highest BCUT2D eigenvalue weighted by molar-refractivity contribution is 5.80. The molecule has 0 atom stereocenters. The van der Waals surface area contributed by atoms with Crippen LogP contribution in [0.3, 0.4) is 0 Å². The second-order valence-electron chi connectivity index (χ2n) is 3.69. The smallest absolute Gasteiger partial charge is 0.265 e. The molecule has 3 rings (SSSR count). The van der Waals surface area contributed by atoms with Crippen LogP contribution < -0.4 is 5.56 Å². The molecule has 2 heterocycles. The summed E-state index contributed by atoms with van der Waals surface area (Å²) in [6, 6.07) is 12.3. The summed E-state index contributed by atoms with van der Waals surface area (Å²) in [7, 11) is 0. The number of nitrogens with zero attached hydrogens (tertiary/aromatic N) is 3. The molecular formula is C13H7N3O. The third kappa shape index (κ3) is 1.37. The predicted molar refractivity (Wildman–Crippen MR) is 63.7 cm³/mol. The summed E-state index contributed by atoms with van der Waals surface area (Å²) < 4.78 is 1.48. The number of pyridine rings is 1. The molecule has 4 nitrogen and oxygen atoms in total. The average Bonchev–Trinajstić information content (AvgIpc) is 2.39. The minimum Gasteiger partial charge on any atom is -0.268 e. The van der Waals surface area contributed by atoms with Crippen molar-refractivity contribution < 1.29 is 0 Å². The van der Waals surface area contributed by atoms with Gasteiger partial charge in [-0.05, 0) is 30.3 Å². The second kappa shape index (κ2) is 3.42. The molecule has 0 saturated heterocycles. The summed E-state index contributed by atoms with van der Waals surface area (Å²) in [6.07, 6.45) is 1.67. The van der Waals surface area contributed by atoms with Gasteiger partial charge in [0, 0.05) is 6.20 Å². The Morgan fingerprint density at radius 1 is 1.24 bits per heavy atom. The normalized spacial score (nSPS) is 10.5. The predicted octanol–water partition coefficient (Wildman–Crippen LogP) is 1.72. The zero-order valence-corrected chi connectivity index (χ0v) is 8.79. The maximum atomic E-state index is 12.2. The van der Waals surface area contributed by atoms with Crippen LogP contribution in [0, 0.1) is 11.3 Å². The van der Waals surface area contributed by atoms with Gasteiger partial charge in [-0.2, -0.15) is 5.26 Å². The van der Waals surface area contributed by atoms with Gasteiger partial charge in [0.05, 0.1) is 22.5 Å². The first kappa shape index (κ1) is 9.55. The zero-order valence-electron chi connectivity index (χ0n) is 8.79.